The molecule has 0 unspecified atom stereocenters. The Morgan fingerprint density at radius 2 is 1.78 bits per heavy atom. The molecule has 0 radical (unpaired) electrons. The number of nitrogens with two attached hydrogens (primary N) is 1. The van der Waals surface area contributed by atoms with E-state index in [4.69, 9.17) is 24.7 Å². The highest BCUT2D eigenvalue weighted by Gasteiger charge is 2.25. The number of carbonyl (C=O) groups excluding carboxylic acids is 1. The van der Waals surface area contributed by atoms with E-state index in [1.165, 1.54) is 12.1 Å². The first kappa shape index (κ1) is 26.3. The van der Waals surface area contributed by atoms with Gasteiger partial charge in [-0.05, 0) is 45.0 Å². The fourth-order valence-electron chi connectivity index (χ4n) is 3.97. The lowest BCUT2D eigenvalue weighted by atomic mass is 10.1. The number of anilines is 1. The van der Waals surface area contributed by atoms with Gasteiger partial charge in [0.25, 0.3) is 0 Å². The lowest BCUT2D eigenvalue weighted by Crippen LogP contribution is -2.50. The Bertz CT molecular complexity index is 1260. The summed E-state index contributed by atoms with van der Waals surface area (Å²) in [6.45, 7) is 9.33. The number of benzene rings is 2. The number of methoxy groups -OCH3 is 1. The number of hydrogen-bond donors (Lipinski definition) is 1. The number of amides is 1. The monoisotopic (exact) mass is 512 g/mol. The van der Waals surface area contributed by atoms with Crippen LogP contribution in [0.4, 0.5) is 14.9 Å². The minimum Gasteiger partial charge on any atom is -0.493 e. The summed E-state index contributed by atoms with van der Waals surface area (Å²) < 4.78 is 37.2. The van der Waals surface area contributed by atoms with Crippen molar-refractivity contribution in [2.45, 2.75) is 26.4 Å². The second-order valence-electron chi connectivity index (χ2n) is 9.78. The quantitative estimate of drug-likeness (QED) is 0.455. The Morgan fingerprint density at radius 1 is 1.03 bits per heavy atom. The zero-order valence-electron chi connectivity index (χ0n) is 21.6. The van der Waals surface area contributed by atoms with Crippen LogP contribution >= 0.6 is 0 Å². The first-order valence-electron chi connectivity index (χ1n) is 12.2. The number of piperazine rings is 1. The summed E-state index contributed by atoms with van der Waals surface area (Å²) in [4.78, 5) is 20.6. The Kier molecular flexibility index (Phi) is 7.87. The van der Waals surface area contributed by atoms with Gasteiger partial charge in [0, 0.05) is 62.1 Å². The van der Waals surface area contributed by atoms with Crippen molar-refractivity contribution in [3.05, 3.63) is 48.4 Å². The van der Waals surface area contributed by atoms with Crippen molar-refractivity contribution in [1.29, 1.82) is 0 Å². The molecule has 2 aromatic carbocycles. The van der Waals surface area contributed by atoms with Crippen LogP contribution in [0, 0.1) is 5.82 Å². The maximum Gasteiger partial charge on any atom is 0.410 e. The average molecular weight is 513 g/mol. The molecule has 4 rings (SSSR count). The fourth-order valence-corrected chi connectivity index (χ4v) is 3.97. The summed E-state index contributed by atoms with van der Waals surface area (Å²) in [5.74, 6) is 0.996. The smallest absolute Gasteiger partial charge is 0.410 e. The van der Waals surface area contributed by atoms with Crippen LogP contribution in [0.1, 0.15) is 20.8 Å². The summed E-state index contributed by atoms with van der Waals surface area (Å²) in [5, 5.41) is 0.653. The van der Waals surface area contributed by atoms with E-state index in [1.807, 2.05) is 20.8 Å². The Hall–Kier alpha value is -3.79. The molecule has 37 heavy (non-hydrogen) atoms. The van der Waals surface area contributed by atoms with Gasteiger partial charge in [0.05, 0.1) is 12.6 Å². The van der Waals surface area contributed by atoms with Crippen LogP contribution < -0.4 is 19.9 Å². The maximum atomic E-state index is 14.3. The van der Waals surface area contributed by atoms with Crippen LogP contribution in [-0.2, 0) is 4.74 Å². The first-order chi connectivity index (χ1) is 17.6. The minimum absolute atomic E-state index is 0.0607. The number of fused-ring (bicyclic) bond motifs is 1. The molecule has 0 aliphatic carbocycles. The maximum absolute atomic E-state index is 14.3. The van der Waals surface area contributed by atoms with Gasteiger partial charge in [-0.25, -0.2) is 9.18 Å². The minimum atomic E-state index is -0.554. The predicted octanol–water partition coefficient (Wildman–Crippen LogP) is 4.69. The van der Waals surface area contributed by atoms with E-state index >= 15 is 0 Å². The Morgan fingerprint density at radius 3 is 2.46 bits per heavy atom. The van der Waals surface area contributed by atoms with E-state index in [1.54, 1.807) is 42.5 Å². The molecule has 1 aliphatic rings. The number of nitrogen functional groups attached to an aromatic ring is 1. The highest BCUT2D eigenvalue weighted by Crippen LogP contribution is 2.37. The molecule has 1 fully saturated rings. The highest BCUT2D eigenvalue weighted by atomic mass is 19.1. The van der Waals surface area contributed by atoms with Crippen LogP contribution in [0.15, 0.2) is 42.6 Å². The normalized spacial score (nSPS) is 14.5. The molecule has 3 aromatic rings. The molecular weight excluding hydrogens is 479 g/mol. The van der Waals surface area contributed by atoms with Crippen molar-refractivity contribution in [3.63, 3.8) is 0 Å². The third-order valence-electron chi connectivity index (χ3n) is 5.85. The predicted molar refractivity (Wildman–Crippen MR) is 139 cm³/mol. The molecule has 0 spiro atoms. The van der Waals surface area contributed by atoms with Gasteiger partial charge < -0.3 is 29.6 Å². The molecular formula is C27H33FN4O5. The standard InChI is InChI=1S/C27H33FN4O5/c1-27(2,3)37-26(33)32-11-9-31(10-12-32)13-14-35-25-16-19-21(17-24(25)34-4)30-8-7-22(19)36-23-6-5-18(29)15-20(23)28/h5-8,15-17H,9-14,29H2,1-4H3. The van der Waals surface area contributed by atoms with Gasteiger partial charge in [-0.2, -0.15) is 0 Å². The van der Waals surface area contributed by atoms with Crippen molar-refractivity contribution in [2.24, 2.45) is 0 Å². The van der Waals surface area contributed by atoms with Crippen molar-refractivity contribution in [1.82, 2.24) is 14.8 Å². The van der Waals surface area contributed by atoms with E-state index in [-0.39, 0.29) is 11.8 Å². The van der Waals surface area contributed by atoms with Gasteiger partial charge >= 0.3 is 6.09 Å². The van der Waals surface area contributed by atoms with E-state index in [0.717, 1.165) is 13.1 Å². The van der Waals surface area contributed by atoms with Gasteiger partial charge in [0.1, 0.15) is 18.0 Å². The Balaban J connectivity index is 1.40. The third kappa shape index (κ3) is 6.71. The van der Waals surface area contributed by atoms with Crippen molar-refractivity contribution in [3.8, 4) is 23.0 Å². The zero-order chi connectivity index (χ0) is 26.6. The molecule has 0 bridgehead atoms. The van der Waals surface area contributed by atoms with Crippen LogP contribution in [0.3, 0.4) is 0 Å². The first-order valence-corrected chi connectivity index (χ1v) is 12.2. The lowest BCUT2D eigenvalue weighted by molar-refractivity contribution is 0.0136. The number of carbonyl (C=O) groups is 1. The van der Waals surface area contributed by atoms with Crippen LogP contribution in [0.2, 0.25) is 0 Å². The topological polar surface area (TPSA) is 99.4 Å². The summed E-state index contributed by atoms with van der Waals surface area (Å²) in [6, 6.07) is 9.48. The number of rotatable bonds is 7. The van der Waals surface area contributed by atoms with Crippen LogP contribution in [0.5, 0.6) is 23.0 Å². The van der Waals surface area contributed by atoms with E-state index in [9.17, 15) is 9.18 Å². The Labute approximate surface area is 215 Å². The van der Waals surface area contributed by atoms with Gasteiger partial charge in [0.15, 0.2) is 23.1 Å². The number of aromatic nitrogens is 1. The van der Waals surface area contributed by atoms with Gasteiger partial charge in [-0.15, -0.1) is 0 Å². The second kappa shape index (κ2) is 11.1. The average Bonchev–Trinajstić information content (AvgIpc) is 2.85. The van der Waals surface area contributed by atoms with Crippen LogP contribution in [-0.4, -0.2) is 72.9 Å². The molecule has 10 heteroatoms. The van der Waals surface area contributed by atoms with Crippen molar-refractivity contribution in [2.75, 3.05) is 52.2 Å². The zero-order valence-corrected chi connectivity index (χ0v) is 21.6. The molecule has 0 atom stereocenters. The highest BCUT2D eigenvalue weighted by molar-refractivity contribution is 5.88. The molecule has 198 valence electrons. The van der Waals surface area contributed by atoms with Crippen molar-refractivity contribution < 1.29 is 28.1 Å². The SMILES string of the molecule is COc1cc2nccc(Oc3ccc(N)cc3F)c2cc1OCCN1CCN(C(=O)OC(C)(C)C)CC1. The van der Waals surface area contributed by atoms with E-state index in [2.05, 4.69) is 9.88 Å². The second-order valence-corrected chi connectivity index (χ2v) is 9.78. The molecule has 1 saturated heterocycles. The molecule has 1 aromatic heterocycles. The largest absolute Gasteiger partial charge is 0.493 e. The van der Waals surface area contributed by atoms with Gasteiger partial charge in [-0.3, -0.25) is 9.88 Å². The van der Waals surface area contributed by atoms with Crippen LogP contribution in [0.25, 0.3) is 10.9 Å². The molecule has 0 saturated carbocycles. The number of halogens is 1. The van der Waals surface area contributed by atoms with Gasteiger partial charge in [-0.1, -0.05) is 0 Å². The molecule has 2 N–H and O–H groups in total. The number of ether oxygens (including phenoxy) is 4. The van der Waals surface area contributed by atoms with Crippen molar-refractivity contribution >= 4 is 22.7 Å². The summed E-state index contributed by atoms with van der Waals surface area (Å²) in [6.07, 6.45) is 1.30. The van der Waals surface area contributed by atoms with E-state index < -0.39 is 11.4 Å². The summed E-state index contributed by atoms with van der Waals surface area (Å²) in [5.41, 5.74) is 6.07. The number of pyridine rings is 1. The molecule has 1 amide bonds. The number of nitrogens with zero attached hydrogens (tertiary/aromatic N) is 3. The lowest BCUT2D eigenvalue weighted by Gasteiger charge is -2.35. The van der Waals surface area contributed by atoms with E-state index in [0.29, 0.717) is 60.1 Å². The fraction of sp³-hybridized carbons (Fsp3) is 0.407. The third-order valence-corrected chi connectivity index (χ3v) is 5.85. The summed E-state index contributed by atoms with van der Waals surface area (Å²) >= 11 is 0. The number of hydrogen-bond acceptors (Lipinski definition) is 8. The van der Waals surface area contributed by atoms with Gasteiger partial charge in [0.2, 0.25) is 0 Å². The summed E-state index contributed by atoms with van der Waals surface area (Å²) in [7, 11) is 1.56. The molecule has 9 nitrogen and oxygen atoms in total. The molecule has 2 heterocycles. The molecule has 1 aliphatic heterocycles.